The summed E-state index contributed by atoms with van der Waals surface area (Å²) in [5, 5.41) is 2.50. The molecule has 3 rings (SSSR count). The number of ether oxygens (including phenoxy) is 1. The van der Waals surface area contributed by atoms with E-state index in [2.05, 4.69) is 10.3 Å². The quantitative estimate of drug-likeness (QED) is 0.729. The van der Waals surface area contributed by atoms with Crippen LogP contribution in [0.1, 0.15) is 27.8 Å². The molecule has 0 aliphatic carbocycles. The standard InChI is InChI=1S/C17H15N3O4/c1-2-23-16(22)14-11-24-17(18-14)19-15(21)12-5-7-13(8-6-12)20-9-3-4-10-20/h3-11H,2H2,1H3,(H,18,19,21). The van der Waals surface area contributed by atoms with Gasteiger partial charge in [0.15, 0.2) is 5.69 Å². The Morgan fingerprint density at radius 3 is 2.58 bits per heavy atom. The lowest BCUT2D eigenvalue weighted by Gasteiger charge is -2.05. The van der Waals surface area contributed by atoms with E-state index in [0.29, 0.717) is 5.56 Å². The van der Waals surface area contributed by atoms with Crippen LogP contribution in [0, 0.1) is 0 Å². The number of hydrogen-bond acceptors (Lipinski definition) is 5. The second kappa shape index (κ2) is 6.82. The Bertz CT molecular complexity index is 835. The molecule has 1 N–H and O–H groups in total. The van der Waals surface area contributed by atoms with Gasteiger partial charge in [-0.15, -0.1) is 0 Å². The third-order valence-corrected chi connectivity index (χ3v) is 3.24. The number of anilines is 1. The van der Waals surface area contributed by atoms with E-state index in [1.54, 1.807) is 19.1 Å². The zero-order valence-corrected chi connectivity index (χ0v) is 12.9. The third kappa shape index (κ3) is 3.35. The summed E-state index contributed by atoms with van der Waals surface area (Å²) in [6.45, 7) is 1.93. The van der Waals surface area contributed by atoms with Gasteiger partial charge in [-0.05, 0) is 43.3 Å². The highest BCUT2D eigenvalue weighted by molar-refractivity contribution is 6.03. The van der Waals surface area contributed by atoms with Crippen LogP contribution in [0.25, 0.3) is 5.69 Å². The molecule has 1 aromatic carbocycles. The van der Waals surface area contributed by atoms with Gasteiger partial charge in [0.1, 0.15) is 6.26 Å². The third-order valence-electron chi connectivity index (χ3n) is 3.24. The van der Waals surface area contributed by atoms with Crippen molar-refractivity contribution in [1.82, 2.24) is 9.55 Å². The molecule has 2 heterocycles. The van der Waals surface area contributed by atoms with Crippen LogP contribution < -0.4 is 5.32 Å². The van der Waals surface area contributed by atoms with E-state index in [0.717, 1.165) is 12.0 Å². The summed E-state index contributed by atoms with van der Waals surface area (Å²) in [4.78, 5) is 27.6. The fourth-order valence-corrected chi connectivity index (χ4v) is 2.09. The molecule has 7 heteroatoms. The van der Waals surface area contributed by atoms with Crippen LogP contribution in [-0.4, -0.2) is 28.0 Å². The van der Waals surface area contributed by atoms with Crippen LogP contribution in [0.2, 0.25) is 0 Å². The highest BCUT2D eigenvalue weighted by Crippen LogP contribution is 2.13. The number of amides is 1. The lowest BCUT2D eigenvalue weighted by molar-refractivity contribution is 0.0519. The summed E-state index contributed by atoms with van der Waals surface area (Å²) >= 11 is 0. The molecule has 0 atom stereocenters. The Balaban J connectivity index is 1.68. The first-order chi connectivity index (χ1) is 11.7. The van der Waals surface area contributed by atoms with Crippen molar-refractivity contribution in [3.05, 3.63) is 66.3 Å². The Kier molecular flexibility index (Phi) is 4.42. The average Bonchev–Trinajstić information content (AvgIpc) is 3.27. The van der Waals surface area contributed by atoms with E-state index in [4.69, 9.17) is 9.15 Å². The van der Waals surface area contributed by atoms with Gasteiger partial charge >= 0.3 is 12.0 Å². The fraction of sp³-hybridized carbons (Fsp3) is 0.118. The molecule has 122 valence electrons. The van der Waals surface area contributed by atoms with Crippen molar-refractivity contribution in [2.75, 3.05) is 11.9 Å². The number of rotatable bonds is 5. The molecule has 0 bridgehead atoms. The molecule has 0 radical (unpaired) electrons. The zero-order chi connectivity index (χ0) is 16.9. The first kappa shape index (κ1) is 15.5. The summed E-state index contributed by atoms with van der Waals surface area (Å²) in [6, 6.07) is 10.8. The summed E-state index contributed by atoms with van der Waals surface area (Å²) in [5.74, 6) is -0.982. The van der Waals surface area contributed by atoms with Crippen molar-refractivity contribution in [2.45, 2.75) is 6.92 Å². The number of esters is 1. The maximum atomic E-state index is 12.2. The lowest BCUT2D eigenvalue weighted by atomic mass is 10.2. The number of nitrogens with one attached hydrogen (secondary N) is 1. The molecular formula is C17H15N3O4. The second-order valence-corrected chi connectivity index (χ2v) is 4.85. The fourth-order valence-electron chi connectivity index (χ4n) is 2.09. The van der Waals surface area contributed by atoms with Crippen LogP contribution in [0.4, 0.5) is 6.01 Å². The van der Waals surface area contributed by atoms with Gasteiger partial charge in [-0.25, -0.2) is 4.79 Å². The molecule has 0 aliphatic rings. The monoisotopic (exact) mass is 325 g/mol. The topological polar surface area (TPSA) is 86.4 Å². The van der Waals surface area contributed by atoms with Crippen molar-refractivity contribution in [3.63, 3.8) is 0 Å². The van der Waals surface area contributed by atoms with Crippen LogP contribution >= 0.6 is 0 Å². The largest absolute Gasteiger partial charge is 0.461 e. The Morgan fingerprint density at radius 1 is 1.21 bits per heavy atom. The minimum Gasteiger partial charge on any atom is -0.461 e. The molecule has 0 saturated carbocycles. The van der Waals surface area contributed by atoms with Crippen LogP contribution in [0.5, 0.6) is 0 Å². The molecule has 0 spiro atoms. The summed E-state index contributed by atoms with van der Waals surface area (Å²) in [5.41, 5.74) is 1.40. The number of benzene rings is 1. The van der Waals surface area contributed by atoms with Crippen molar-refractivity contribution in [2.24, 2.45) is 0 Å². The molecule has 7 nitrogen and oxygen atoms in total. The highest BCUT2D eigenvalue weighted by atomic mass is 16.5. The maximum absolute atomic E-state index is 12.2. The van der Waals surface area contributed by atoms with E-state index >= 15 is 0 Å². The first-order valence-electron chi connectivity index (χ1n) is 7.35. The van der Waals surface area contributed by atoms with Crippen molar-refractivity contribution in [1.29, 1.82) is 0 Å². The van der Waals surface area contributed by atoms with Crippen LogP contribution in [0.15, 0.2) is 59.5 Å². The summed E-state index contributed by atoms with van der Waals surface area (Å²) < 4.78 is 11.8. The number of oxazole rings is 1. The van der Waals surface area contributed by atoms with Crippen LogP contribution in [0.3, 0.4) is 0 Å². The van der Waals surface area contributed by atoms with Crippen molar-refractivity contribution < 1.29 is 18.7 Å². The Labute approximate surface area is 137 Å². The smallest absolute Gasteiger partial charge is 0.360 e. The van der Waals surface area contributed by atoms with Gasteiger partial charge in [-0.3, -0.25) is 10.1 Å². The Morgan fingerprint density at radius 2 is 1.92 bits per heavy atom. The predicted molar refractivity (Wildman–Crippen MR) is 86.2 cm³/mol. The van der Waals surface area contributed by atoms with Gasteiger partial charge < -0.3 is 13.7 Å². The van der Waals surface area contributed by atoms with Gasteiger partial charge in [0, 0.05) is 23.6 Å². The molecule has 3 aromatic rings. The molecule has 2 aromatic heterocycles. The van der Waals surface area contributed by atoms with Gasteiger partial charge in [0.25, 0.3) is 5.91 Å². The minimum absolute atomic E-state index is 0.00936. The van der Waals surface area contributed by atoms with Crippen molar-refractivity contribution in [3.8, 4) is 5.69 Å². The number of nitrogens with zero attached hydrogens (tertiary/aromatic N) is 2. The van der Waals surface area contributed by atoms with Gasteiger partial charge in [0.2, 0.25) is 0 Å². The second-order valence-electron chi connectivity index (χ2n) is 4.85. The van der Waals surface area contributed by atoms with E-state index in [-0.39, 0.29) is 24.2 Å². The zero-order valence-electron chi connectivity index (χ0n) is 12.9. The number of hydrogen-bond donors (Lipinski definition) is 1. The first-order valence-corrected chi connectivity index (χ1v) is 7.35. The van der Waals surface area contributed by atoms with Crippen LogP contribution in [-0.2, 0) is 4.74 Å². The Hall–Kier alpha value is -3.35. The number of aromatic nitrogens is 2. The predicted octanol–water partition coefficient (Wildman–Crippen LogP) is 2.89. The minimum atomic E-state index is -0.599. The number of carbonyl (C=O) groups is 2. The van der Waals surface area contributed by atoms with E-state index in [1.165, 1.54) is 0 Å². The molecular weight excluding hydrogens is 310 g/mol. The normalized spacial score (nSPS) is 10.4. The van der Waals surface area contributed by atoms with E-state index in [9.17, 15) is 9.59 Å². The molecule has 0 aliphatic heterocycles. The maximum Gasteiger partial charge on any atom is 0.360 e. The van der Waals surface area contributed by atoms with Crippen molar-refractivity contribution >= 4 is 17.9 Å². The summed E-state index contributed by atoms with van der Waals surface area (Å²) in [6.07, 6.45) is 4.97. The van der Waals surface area contributed by atoms with E-state index < -0.39 is 5.97 Å². The number of carbonyl (C=O) groups excluding carboxylic acids is 2. The molecule has 0 unspecified atom stereocenters. The van der Waals surface area contributed by atoms with Gasteiger partial charge in [0.05, 0.1) is 6.61 Å². The SMILES string of the molecule is CCOC(=O)c1coc(NC(=O)c2ccc(-n3cccc3)cc2)n1. The molecule has 0 fully saturated rings. The highest BCUT2D eigenvalue weighted by Gasteiger charge is 2.15. The van der Waals surface area contributed by atoms with Gasteiger partial charge in [-0.1, -0.05) is 0 Å². The lowest BCUT2D eigenvalue weighted by Crippen LogP contribution is -2.12. The van der Waals surface area contributed by atoms with Gasteiger partial charge in [-0.2, -0.15) is 4.98 Å². The molecule has 0 saturated heterocycles. The average molecular weight is 325 g/mol. The molecule has 24 heavy (non-hydrogen) atoms. The summed E-state index contributed by atoms with van der Waals surface area (Å²) in [7, 11) is 0. The van der Waals surface area contributed by atoms with E-state index in [1.807, 2.05) is 41.2 Å². The molecule has 1 amide bonds.